The zero-order valence-corrected chi connectivity index (χ0v) is 34.0. The average molecular weight is 709 g/mol. The van der Waals surface area contributed by atoms with Crippen molar-refractivity contribution in [3.63, 3.8) is 0 Å². The van der Waals surface area contributed by atoms with Crippen LogP contribution in [0.25, 0.3) is 0 Å². The van der Waals surface area contributed by atoms with Gasteiger partial charge < -0.3 is 14.2 Å². The molecule has 0 saturated carbocycles. The molecule has 0 fully saturated rings. The molecule has 0 aliphatic heterocycles. The Labute approximate surface area is 310 Å². The quantitative estimate of drug-likeness (QED) is 0.0361. The zero-order valence-electron chi connectivity index (χ0n) is 34.0. The highest BCUT2D eigenvalue weighted by atomic mass is 16.6. The van der Waals surface area contributed by atoms with Crippen LogP contribution >= 0.6 is 0 Å². The summed E-state index contributed by atoms with van der Waals surface area (Å²) in [5, 5.41) is 0. The molecule has 6 heteroatoms. The zero-order chi connectivity index (χ0) is 36.9. The van der Waals surface area contributed by atoms with Crippen molar-refractivity contribution in [1.82, 2.24) is 0 Å². The smallest absolute Gasteiger partial charge is 0.306 e. The van der Waals surface area contributed by atoms with Gasteiger partial charge in [-0.3, -0.25) is 14.4 Å². The summed E-state index contributed by atoms with van der Waals surface area (Å²) in [5.74, 6) is 0.674. The molecule has 0 heterocycles. The molecule has 1 atom stereocenters. The normalized spacial score (nSPS) is 12.1. The van der Waals surface area contributed by atoms with E-state index in [1.165, 1.54) is 122 Å². The van der Waals surface area contributed by atoms with Crippen LogP contribution in [0.3, 0.4) is 0 Å². The van der Waals surface area contributed by atoms with Gasteiger partial charge in [0.2, 0.25) is 0 Å². The van der Waals surface area contributed by atoms with Crippen LogP contribution in [-0.4, -0.2) is 37.2 Å². The fourth-order valence-electron chi connectivity index (χ4n) is 6.40. The monoisotopic (exact) mass is 709 g/mol. The molecule has 0 aromatic carbocycles. The maximum Gasteiger partial charge on any atom is 0.306 e. The third-order valence-electron chi connectivity index (χ3n) is 9.72. The summed E-state index contributed by atoms with van der Waals surface area (Å²) in [5.41, 5.74) is 0. The van der Waals surface area contributed by atoms with E-state index >= 15 is 0 Å². The Hall–Kier alpha value is -1.59. The summed E-state index contributed by atoms with van der Waals surface area (Å²) in [7, 11) is 0. The van der Waals surface area contributed by atoms with Gasteiger partial charge in [-0.15, -0.1) is 0 Å². The minimum absolute atomic E-state index is 0.0664. The van der Waals surface area contributed by atoms with Gasteiger partial charge in [0.25, 0.3) is 0 Å². The number of unbranched alkanes of at least 4 members (excludes halogenated alkanes) is 23. The minimum atomic E-state index is -0.760. The van der Waals surface area contributed by atoms with E-state index in [1.54, 1.807) is 0 Å². The average Bonchev–Trinajstić information content (AvgIpc) is 3.08. The predicted molar refractivity (Wildman–Crippen MR) is 210 cm³/mol. The summed E-state index contributed by atoms with van der Waals surface area (Å²) in [6.07, 6.45) is 33.9. The first-order chi connectivity index (χ1) is 24.2. The summed E-state index contributed by atoms with van der Waals surface area (Å²) in [6.45, 7) is 11.2. The minimum Gasteiger partial charge on any atom is -0.462 e. The van der Waals surface area contributed by atoms with Gasteiger partial charge in [0.05, 0.1) is 0 Å². The lowest BCUT2D eigenvalue weighted by molar-refractivity contribution is -0.167. The van der Waals surface area contributed by atoms with Crippen molar-refractivity contribution in [2.24, 2.45) is 11.8 Å². The van der Waals surface area contributed by atoms with Crippen molar-refractivity contribution in [1.29, 1.82) is 0 Å². The number of rotatable bonds is 38. The molecular weight excluding hydrogens is 624 g/mol. The molecule has 0 aromatic heterocycles. The van der Waals surface area contributed by atoms with Crippen LogP contribution in [0, 0.1) is 11.8 Å². The molecule has 0 bridgehead atoms. The van der Waals surface area contributed by atoms with Gasteiger partial charge in [-0.05, 0) is 31.1 Å². The van der Waals surface area contributed by atoms with E-state index in [1.807, 2.05) is 0 Å². The van der Waals surface area contributed by atoms with Crippen LogP contribution < -0.4 is 0 Å². The largest absolute Gasteiger partial charge is 0.462 e. The van der Waals surface area contributed by atoms with E-state index in [2.05, 4.69) is 34.6 Å². The van der Waals surface area contributed by atoms with E-state index in [9.17, 15) is 14.4 Å². The predicted octanol–water partition coefficient (Wildman–Crippen LogP) is 13.4. The maximum atomic E-state index is 12.6. The topological polar surface area (TPSA) is 78.9 Å². The van der Waals surface area contributed by atoms with E-state index in [-0.39, 0.29) is 31.1 Å². The van der Waals surface area contributed by atoms with Gasteiger partial charge in [-0.1, -0.05) is 195 Å². The molecule has 0 amide bonds. The standard InChI is InChI=1S/C44H84O6/c1-6-7-8-9-10-11-12-13-14-15-18-24-29-34-42(45)48-37-41(38-49-43(46)35-30-25-21-20-23-28-33-40(4)5)50-44(47)36-31-26-19-16-17-22-27-32-39(2)3/h39-41H,6-38H2,1-5H3/t41-/m0/s1. The lowest BCUT2D eigenvalue weighted by Crippen LogP contribution is -2.30. The number of hydrogen-bond acceptors (Lipinski definition) is 6. The molecule has 0 aliphatic carbocycles. The first-order valence-electron chi connectivity index (χ1n) is 21.7. The third-order valence-corrected chi connectivity index (χ3v) is 9.72. The summed E-state index contributed by atoms with van der Waals surface area (Å²) in [6, 6.07) is 0. The van der Waals surface area contributed by atoms with Crippen molar-refractivity contribution in [2.75, 3.05) is 13.2 Å². The van der Waals surface area contributed by atoms with Gasteiger partial charge in [0.15, 0.2) is 6.10 Å². The Morgan fingerprint density at radius 1 is 0.380 bits per heavy atom. The Morgan fingerprint density at radius 3 is 0.980 bits per heavy atom. The molecule has 50 heavy (non-hydrogen) atoms. The molecule has 0 aliphatic rings. The van der Waals surface area contributed by atoms with Crippen molar-refractivity contribution in [3.05, 3.63) is 0 Å². The Balaban J connectivity index is 4.32. The highest BCUT2D eigenvalue weighted by molar-refractivity contribution is 5.71. The number of hydrogen-bond donors (Lipinski definition) is 0. The third kappa shape index (κ3) is 37.7. The number of ether oxygens (including phenoxy) is 3. The summed E-state index contributed by atoms with van der Waals surface area (Å²) < 4.78 is 16.6. The lowest BCUT2D eigenvalue weighted by Gasteiger charge is -2.18. The Morgan fingerprint density at radius 2 is 0.660 bits per heavy atom. The molecule has 0 radical (unpaired) electrons. The highest BCUT2D eigenvalue weighted by Crippen LogP contribution is 2.16. The first kappa shape index (κ1) is 48.4. The number of carbonyl (C=O) groups excluding carboxylic acids is 3. The van der Waals surface area contributed by atoms with Gasteiger partial charge in [-0.25, -0.2) is 0 Å². The summed E-state index contributed by atoms with van der Waals surface area (Å²) in [4.78, 5) is 37.5. The molecule has 0 unspecified atom stereocenters. The van der Waals surface area contributed by atoms with E-state index in [4.69, 9.17) is 14.2 Å². The lowest BCUT2D eigenvalue weighted by atomic mass is 10.0. The first-order valence-corrected chi connectivity index (χ1v) is 21.7. The molecule has 296 valence electrons. The van der Waals surface area contributed by atoms with Crippen LogP contribution in [0.15, 0.2) is 0 Å². The van der Waals surface area contributed by atoms with Crippen molar-refractivity contribution < 1.29 is 28.6 Å². The molecule has 0 spiro atoms. The Kier molecular flexibility index (Phi) is 36.0. The van der Waals surface area contributed by atoms with Gasteiger partial charge in [-0.2, -0.15) is 0 Å². The fraction of sp³-hybridized carbons (Fsp3) is 0.932. The van der Waals surface area contributed by atoms with Crippen molar-refractivity contribution in [3.8, 4) is 0 Å². The number of esters is 3. The van der Waals surface area contributed by atoms with Crippen LogP contribution in [0.5, 0.6) is 0 Å². The Bertz CT molecular complexity index is 764. The van der Waals surface area contributed by atoms with E-state index in [0.717, 1.165) is 69.6 Å². The van der Waals surface area contributed by atoms with Crippen LogP contribution in [-0.2, 0) is 28.6 Å². The van der Waals surface area contributed by atoms with Crippen LogP contribution in [0.2, 0.25) is 0 Å². The van der Waals surface area contributed by atoms with E-state index in [0.29, 0.717) is 19.3 Å². The molecule has 0 aromatic rings. The molecule has 0 N–H and O–H groups in total. The number of carbonyl (C=O) groups is 3. The van der Waals surface area contributed by atoms with E-state index < -0.39 is 6.10 Å². The highest BCUT2D eigenvalue weighted by Gasteiger charge is 2.19. The molecule has 0 rings (SSSR count). The van der Waals surface area contributed by atoms with Crippen molar-refractivity contribution in [2.45, 2.75) is 240 Å². The molecular formula is C44H84O6. The van der Waals surface area contributed by atoms with Gasteiger partial charge in [0.1, 0.15) is 13.2 Å². The second-order valence-electron chi connectivity index (χ2n) is 15.9. The second kappa shape index (κ2) is 37.2. The van der Waals surface area contributed by atoms with Gasteiger partial charge in [0, 0.05) is 19.3 Å². The van der Waals surface area contributed by atoms with Gasteiger partial charge >= 0.3 is 17.9 Å². The van der Waals surface area contributed by atoms with Crippen molar-refractivity contribution >= 4 is 17.9 Å². The molecule has 0 saturated heterocycles. The second-order valence-corrected chi connectivity index (χ2v) is 15.9. The summed E-state index contributed by atoms with van der Waals surface area (Å²) >= 11 is 0. The molecule has 6 nitrogen and oxygen atoms in total. The maximum absolute atomic E-state index is 12.6. The van der Waals surface area contributed by atoms with Crippen LogP contribution in [0.1, 0.15) is 234 Å². The fourth-order valence-corrected chi connectivity index (χ4v) is 6.40. The van der Waals surface area contributed by atoms with Crippen LogP contribution in [0.4, 0.5) is 0 Å². The SMILES string of the molecule is CCCCCCCCCCCCCCCC(=O)OC[C@@H](COC(=O)CCCCCCCCC(C)C)OC(=O)CCCCCCCCCC(C)C.